The first-order valence-corrected chi connectivity index (χ1v) is 5.96. The van der Waals surface area contributed by atoms with Gasteiger partial charge in [0, 0.05) is 18.8 Å². The molecule has 2 N–H and O–H groups in total. The van der Waals surface area contributed by atoms with Crippen molar-refractivity contribution in [1.29, 1.82) is 0 Å². The third kappa shape index (κ3) is 1.96. The molecule has 0 spiro atoms. The van der Waals surface area contributed by atoms with Crippen molar-refractivity contribution in [2.75, 3.05) is 0 Å². The van der Waals surface area contributed by atoms with Crippen molar-refractivity contribution in [2.45, 2.75) is 19.4 Å². The highest BCUT2D eigenvalue weighted by atomic mass is 32.1. The summed E-state index contributed by atoms with van der Waals surface area (Å²) in [7, 11) is 1.93. The Hall–Kier alpha value is -1.13. The predicted molar refractivity (Wildman–Crippen MR) is 62.9 cm³/mol. The highest BCUT2D eigenvalue weighted by molar-refractivity contribution is 7.08. The molecule has 0 aliphatic carbocycles. The Morgan fingerprint density at radius 2 is 2.40 bits per heavy atom. The summed E-state index contributed by atoms with van der Waals surface area (Å²) in [5.74, 6) is 0. The summed E-state index contributed by atoms with van der Waals surface area (Å²) in [5, 5.41) is 8.55. The van der Waals surface area contributed by atoms with Crippen LogP contribution in [0, 0.1) is 0 Å². The Morgan fingerprint density at radius 3 is 3.00 bits per heavy atom. The fraction of sp³-hybridized carbons (Fsp3) is 0.364. The van der Waals surface area contributed by atoms with Crippen molar-refractivity contribution in [3.05, 3.63) is 39.8 Å². The number of aromatic nitrogens is 2. The first kappa shape index (κ1) is 10.4. The van der Waals surface area contributed by atoms with E-state index >= 15 is 0 Å². The maximum atomic E-state index is 6.20. The highest BCUT2D eigenvalue weighted by Gasteiger charge is 2.15. The molecule has 2 heterocycles. The molecule has 0 aromatic carbocycles. The van der Waals surface area contributed by atoms with E-state index in [4.69, 9.17) is 5.73 Å². The number of hydrogen-bond donors (Lipinski definition) is 1. The largest absolute Gasteiger partial charge is 0.320 e. The van der Waals surface area contributed by atoms with Crippen LogP contribution in [-0.4, -0.2) is 9.78 Å². The zero-order chi connectivity index (χ0) is 10.8. The summed E-state index contributed by atoms with van der Waals surface area (Å²) in [6.07, 6.45) is 2.94. The number of nitrogens with two attached hydrogens (primary N) is 1. The van der Waals surface area contributed by atoms with Crippen LogP contribution < -0.4 is 5.73 Å². The summed E-state index contributed by atoms with van der Waals surface area (Å²) in [6, 6.07) is 2.03. The normalized spacial score (nSPS) is 13.0. The molecule has 80 valence electrons. The van der Waals surface area contributed by atoms with Crippen LogP contribution in [0.4, 0.5) is 0 Å². The maximum Gasteiger partial charge on any atom is 0.0672 e. The predicted octanol–water partition coefficient (Wildman–Crippen LogP) is 2.09. The molecular formula is C11H15N3S. The molecule has 3 nitrogen and oxygen atoms in total. The van der Waals surface area contributed by atoms with Crippen molar-refractivity contribution in [1.82, 2.24) is 9.78 Å². The van der Waals surface area contributed by atoms with Gasteiger partial charge in [0.1, 0.15) is 0 Å². The molecule has 0 saturated heterocycles. The number of aryl methyl sites for hydroxylation is 2. The summed E-state index contributed by atoms with van der Waals surface area (Å²) >= 11 is 1.68. The lowest BCUT2D eigenvalue weighted by molar-refractivity contribution is 0.746. The molecule has 0 bridgehead atoms. The molecule has 1 unspecified atom stereocenters. The average Bonchev–Trinajstić information content (AvgIpc) is 2.84. The Balaban J connectivity index is 2.36. The molecule has 2 aromatic rings. The summed E-state index contributed by atoms with van der Waals surface area (Å²) in [6.45, 7) is 2.10. The second-order valence-electron chi connectivity index (χ2n) is 3.59. The van der Waals surface area contributed by atoms with Gasteiger partial charge in [0.15, 0.2) is 0 Å². The SMILES string of the molecule is CCc1nn(C)cc1C(N)c1ccsc1. The van der Waals surface area contributed by atoms with Gasteiger partial charge < -0.3 is 5.73 Å². The van der Waals surface area contributed by atoms with E-state index in [1.807, 2.05) is 17.9 Å². The first-order valence-electron chi connectivity index (χ1n) is 5.02. The smallest absolute Gasteiger partial charge is 0.0672 e. The fourth-order valence-corrected chi connectivity index (χ4v) is 2.42. The van der Waals surface area contributed by atoms with E-state index in [2.05, 4.69) is 28.8 Å². The summed E-state index contributed by atoms with van der Waals surface area (Å²) < 4.78 is 1.83. The van der Waals surface area contributed by atoms with Gasteiger partial charge in [0.25, 0.3) is 0 Å². The van der Waals surface area contributed by atoms with Crippen molar-refractivity contribution < 1.29 is 0 Å². The maximum absolute atomic E-state index is 6.20. The van der Waals surface area contributed by atoms with Gasteiger partial charge >= 0.3 is 0 Å². The molecule has 0 fully saturated rings. The molecule has 0 saturated carbocycles. The molecule has 4 heteroatoms. The number of rotatable bonds is 3. The Labute approximate surface area is 93.5 Å². The van der Waals surface area contributed by atoms with Crippen LogP contribution >= 0.6 is 11.3 Å². The van der Waals surface area contributed by atoms with Gasteiger partial charge in [0.2, 0.25) is 0 Å². The van der Waals surface area contributed by atoms with Gasteiger partial charge in [-0.15, -0.1) is 0 Å². The fourth-order valence-electron chi connectivity index (χ4n) is 1.72. The number of nitrogens with zero attached hydrogens (tertiary/aromatic N) is 2. The summed E-state index contributed by atoms with van der Waals surface area (Å²) in [4.78, 5) is 0. The molecule has 0 amide bonds. The second-order valence-corrected chi connectivity index (χ2v) is 4.37. The van der Waals surface area contributed by atoms with Gasteiger partial charge in [-0.2, -0.15) is 16.4 Å². The Morgan fingerprint density at radius 1 is 1.60 bits per heavy atom. The Kier molecular flexibility index (Phi) is 2.88. The Bertz CT molecular complexity index is 431. The van der Waals surface area contributed by atoms with E-state index in [-0.39, 0.29) is 6.04 Å². The second kappa shape index (κ2) is 4.16. The van der Waals surface area contributed by atoms with Crippen LogP contribution in [0.15, 0.2) is 23.0 Å². The van der Waals surface area contributed by atoms with E-state index in [0.717, 1.165) is 17.7 Å². The lowest BCUT2D eigenvalue weighted by Gasteiger charge is -2.08. The lowest BCUT2D eigenvalue weighted by atomic mass is 10.0. The van der Waals surface area contributed by atoms with E-state index < -0.39 is 0 Å². The van der Waals surface area contributed by atoms with Crippen molar-refractivity contribution >= 4 is 11.3 Å². The van der Waals surface area contributed by atoms with E-state index in [0.29, 0.717) is 0 Å². The standard InChI is InChI=1S/C11H15N3S/c1-3-10-9(6-14(2)13-10)11(12)8-4-5-15-7-8/h4-7,11H,3,12H2,1-2H3. The third-order valence-corrected chi connectivity index (χ3v) is 3.21. The lowest BCUT2D eigenvalue weighted by Crippen LogP contribution is -2.11. The molecule has 0 radical (unpaired) electrons. The van der Waals surface area contributed by atoms with Crippen LogP contribution in [0.2, 0.25) is 0 Å². The number of hydrogen-bond acceptors (Lipinski definition) is 3. The molecule has 0 aliphatic heterocycles. The van der Waals surface area contributed by atoms with Gasteiger partial charge in [-0.25, -0.2) is 0 Å². The first-order chi connectivity index (χ1) is 7.22. The minimum Gasteiger partial charge on any atom is -0.320 e. The van der Waals surface area contributed by atoms with E-state index in [9.17, 15) is 0 Å². The molecule has 1 atom stereocenters. The van der Waals surface area contributed by atoms with Gasteiger partial charge in [-0.05, 0) is 28.8 Å². The molecule has 0 aliphatic rings. The van der Waals surface area contributed by atoms with Crippen LogP contribution in [0.3, 0.4) is 0 Å². The molecule has 2 aromatic heterocycles. The van der Waals surface area contributed by atoms with Crippen LogP contribution in [0.5, 0.6) is 0 Å². The van der Waals surface area contributed by atoms with Crippen molar-refractivity contribution in [2.24, 2.45) is 12.8 Å². The zero-order valence-corrected chi connectivity index (χ0v) is 9.79. The minimum absolute atomic E-state index is 0.0418. The summed E-state index contributed by atoms with van der Waals surface area (Å²) in [5.41, 5.74) is 9.60. The van der Waals surface area contributed by atoms with Gasteiger partial charge in [0.05, 0.1) is 11.7 Å². The number of thiophene rings is 1. The van der Waals surface area contributed by atoms with Crippen LogP contribution in [-0.2, 0) is 13.5 Å². The zero-order valence-electron chi connectivity index (χ0n) is 8.97. The minimum atomic E-state index is -0.0418. The highest BCUT2D eigenvalue weighted by Crippen LogP contribution is 2.24. The van der Waals surface area contributed by atoms with Crippen LogP contribution in [0.1, 0.15) is 29.8 Å². The van der Waals surface area contributed by atoms with Crippen LogP contribution in [0.25, 0.3) is 0 Å². The van der Waals surface area contributed by atoms with E-state index in [1.165, 1.54) is 5.56 Å². The van der Waals surface area contributed by atoms with Gasteiger partial charge in [-0.1, -0.05) is 6.92 Å². The quantitative estimate of drug-likeness (QED) is 0.862. The average molecular weight is 221 g/mol. The molecule has 2 rings (SSSR count). The van der Waals surface area contributed by atoms with Gasteiger partial charge in [-0.3, -0.25) is 4.68 Å². The third-order valence-electron chi connectivity index (χ3n) is 2.51. The van der Waals surface area contributed by atoms with Crippen molar-refractivity contribution in [3.8, 4) is 0 Å². The van der Waals surface area contributed by atoms with E-state index in [1.54, 1.807) is 11.3 Å². The molecular weight excluding hydrogens is 206 g/mol. The van der Waals surface area contributed by atoms with Crippen molar-refractivity contribution in [3.63, 3.8) is 0 Å². The topological polar surface area (TPSA) is 43.8 Å². The molecule has 15 heavy (non-hydrogen) atoms. The monoisotopic (exact) mass is 221 g/mol.